The second-order valence-electron chi connectivity index (χ2n) is 8.19. The maximum Gasteiger partial charge on any atom is 0.416 e. The van der Waals surface area contributed by atoms with Gasteiger partial charge < -0.3 is 13.8 Å². The average molecular weight is 467 g/mol. The fourth-order valence-corrected chi connectivity index (χ4v) is 4.86. The lowest BCUT2D eigenvalue weighted by molar-refractivity contribution is -0.137. The Morgan fingerprint density at radius 2 is 1.81 bits per heavy atom. The molecule has 0 unspecified atom stereocenters. The smallest absolute Gasteiger partial charge is 0.416 e. The molecule has 2 heterocycles. The largest absolute Gasteiger partial charge is 0.492 e. The van der Waals surface area contributed by atoms with E-state index in [9.17, 15) is 13.2 Å². The van der Waals surface area contributed by atoms with Gasteiger partial charge in [-0.3, -0.25) is 4.90 Å². The highest BCUT2D eigenvalue weighted by Crippen LogP contribution is 2.36. The Bertz CT molecular complexity index is 886. The van der Waals surface area contributed by atoms with Crippen LogP contribution in [0, 0.1) is 0 Å². The van der Waals surface area contributed by atoms with Crippen molar-refractivity contribution in [2.24, 2.45) is 0 Å². The van der Waals surface area contributed by atoms with E-state index in [0.717, 1.165) is 81.7 Å². The van der Waals surface area contributed by atoms with Crippen LogP contribution in [0.15, 0.2) is 47.4 Å². The predicted octanol–water partition coefficient (Wildman–Crippen LogP) is 5.66. The summed E-state index contributed by atoms with van der Waals surface area (Å²) in [5, 5.41) is 0. The molecule has 0 aliphatic carbocycles. The zero-order valence-electron chi connectivity index (χ0n) is 18.1. The summed E-state index contributed by atoms with van der Waals surface area (Å²) in [6.07, 6.45) is -0.170. The summed E-state index contributed by atoms with van der Waals surface area (Å²) in [5.41, 5.74) is 1.32. The minimum Gasteiger partial charge on any atom is -0.492 e. The van der Waals surface area contributed by atoms with E-state index in [1.54, 1.807) is 6.07 Å². The van der Waals surface area contributed by atoms with Gasteiger partial charge in [0.25, 0.3) is 0 Å². The molecule has 0 bridgehead atoms. The third-order valence-corrected chi connectivity index (χ3v) is 6.69. The molecule has 1 fully saturated rings. The number of piperazine rings is 1. The molecule has 4 nitrogen and oxygen atoms in total. The fourth-order valence-electron chi connectivity index (χ4n) is 4.13. The molecule has 2 aromatic rings. The van der Waals surface area contributed by atoms with Gasteiger partial charge in [-0.15, -0.1) is 0 Å². The summed E-state index contributed by atoms with van der Waals surface area (Å²) < 4.78 is 50.5. The minimum absolute atomic E-state index is 0.585. The zero-order chi connectivity index (χ0) is 22.4. The molecule has 4 rings (SSSR count). The van der Waals surface area contributed by atoms with Crippen molar-refractivity contribution in [1.29, 1.82) is 0 Å². The van der Waals surface area contributed by atoms with Gasteiger partial charge in [0, 0.05) is 43.9 Å². The van der Waals surface area contributed by atoms with E-state index in [1.165, 1.54) is 29.7 Å². The summed E-state index contributed by atoms with van der Waals surface area (Å²) in [5.74, 6) is 0.974. The number of ether oxygens (including phenoxy) is 1. The lowest BCUT2D eigenvalue weighted by atomic mass is 10.1. The third-order valence-electron chi connectivity index (χ3n) is 5.91. The molecular weight excluding hydrogens is 437 g/mol. The first kappa shape index (κ1) is 23.3. The van der Waals surface area contributed by atoms with Gasteiger partial charge in [-0.25, -0.2) is 0 Å². The fraction of sp³-hybridized carbons (Fsp3) is 0.500. The predicted molar refractivity (Wildman–Crippen MR) is 121 cm³/mol. The summed E-state index contributed by atoms with van der Waals surface area (Å²) in [4.78, 5) is 5.46. The van der Waals surface area contributed by atoms with Gasteiger partial charge in [-0.05, 0) is 62.1 Å². The first-order valence-electron chi connectivity index (χ1n) is 11.2. The van der Waals surface area contributed by atoms with Crippen LogP contribution in [-0.2, 0) is 16.8 Å². The molecule has 2 aliphatic heterocycles. The molecule has 0 atom stereocenters. The van der Waals surface area contributed by atoms with Crippen LogP contribution in [0.2, 0.25) is 0 Å². The van der Waals surface area contributed by atoms with E-state index in [4.69, 9.17) is 8.92 Å². The van der Waals surface area contributed by atoms with Gasteiger partial charge in [0.15, 0.2) is 0 Å². The number of aryl methyl sites for hydroxylation is 1. The number of para-hydroxylation sites is 1. The van der Waals surface area contributed by atoms with Crippen molar-refractivity contribution in [1.82, 2.24) is 4.90 Å². The quantitative estimate of drug-likeness (QED) is 0.370. The topological polar surface area (TPSA) is 24.9 Å². The Morgan fingerprint density at radius 1 is 1.00 bits per heavy atom. The molecule has 0 amide bonds. The molecule has 32 heavy (non-hydrogen) atoms. The van der Waals surface area contributed by atoms with E-state index < -0.39 is 11.7 Å². The van der Waals surface area contributed by atoms with Gasteiger partial charge in [0.05, 0.1) is 23.7 Å². The van der Waals surface area contributed by atoms with Gasteiger partial charge >= 0.3 is 6.18 Å². The van der Waals surface area contributed by atoms with Gasteiger partial charge in [-0.2, -0.15) is 13.2 Å². The summed E-state index contributed by atoms with van der Waals surface area (Å²) in [7, 11) is 0. The highest BCUT2D eigenvalue weighted by molar-refractivity contribution is 7.94. The van der Waals surface area contributed by atoms with E-state index in [1.807, 2.05) is 11.0 Å². The number of alkyl halides is 3. The van der Waals surface area contributed by atoms with Crippen LogP contribution in [0.3, 0.4) is 0 Å². The maximum atomic E-state index is 13.0. The molecule has 0 spiro atoms. The first-order chi connectivity index (χ1) is 15.5. The van der Waals surface area contributed by atoms with Crippen molar-refractivity contribution in [3.05, 3.63) is 53.6 Å². The lowest BCUT2D eigenvalue weighted by Gasteiger charge is -2.36. The summed E-state index contributed by atoms with van der Waals surface area (Å²) in [6, 6.07) is 11.8. The number of fused-ring (bicyclic) bond motifs is 1. The van der Waals surface area contributed by atoms with Crippen molar-refractivity contribution in [3.63, 3.8) is 0 Å². The zero-order valence-corrected chi connectivity index (χ0v) is 18.9. The van der Waals surface area contributed by atoms with Gasteiger partial charge in [0.2, 0.25) is 0 Å². The third kappa shape index (κ3) is 6.11. The molecule has 0 aromatic heterocycles. The molecule has 8 heteroatoms. The van der Waals surface area contributed by atoms with Crippen LogP contribution in [0.4, 0.5) is 18.9 Å². The Kier molecular flexibility index (Phi) is 7.86. The number of halogens is 3. The van der Waals surface area contributed by atoms with E-state index >= 15 is 0 Å². The lowest BCUT2D eigenvalue weighted by Crippen LogP contribution is -2.46. The molecule has 174 valence electrons. The minimum atomic E-state index is -4.30. The Labute approximate surface area is 191 Å². The molecule has 2 aliphatic rings. The second-order valence-corrected chi connectivity index (χ2v) is 9.03. The van der Waals surface area contributed by atoms with Crippen LogP contribution in [0.1, 0.15) is 30.4 Å². The maximum absolute atomic E-state index is 13.0. The summed E-state index contributed by atoms with van der Waals surface area (Å²) >= 11 is 1.40. The van der Waals surface area contributed by atoms with E-state index in [-0.39, 0.29) is 0 Å². The number of benzene rings is 2. The monoisotopic (exact) mass is 466 g/mol. The number of nitrogens with zero attached hydrogens (tertiary/aromatic N) is 2. The van der Waals surface area contributed by atoms with Gasteiger partial charge in [-0.1, -0.05) is 18.2 Å². The van der Waals surface area contributed by atoms with Crippen LogP contribution >= 0.6 is 12.0 Å². The number of rotatable bonds is 8. The SMILES string of the molecule is FC(F)(F)c1cccc(N2CCN(CCCCOSc3cccc4c3OCCC4)CC2)c1. The van der Waals surface area contributed by atoms with Crippen molar-refractivity contribution in [2.75, 3.05) is 50.8 Å². The standard InChI is InChI=1S/C24H29F3N2O2S/c25-24(26,27)20-8-4-9-21(18-20)29-14-12-28(13-15-29)11-1-2-17-31-32-22-10-3-6-19-7-5-16-30-23(19)22/h3-4,6,8-10,18H,1-2,5,7,11-17H2. The summed E-state index contributed by atoms with van der Waals surface area (Å²) in [6.45, 7) is 5.64. The average Bonchev–Trinajstić information content (AvgIpc) is 2.81. The molecule has 0 N–H and O–H groups in total. The highest BCUT2D eigenvalue weighted by Gasteiger charge is 2.31. The van der Waals surface area contributed by atoms with E-state index in [0.29, 0.717) is 12.3 Å². The van der Waals surface area contributed by atoms with Crippen LogP contribution in [-0.4, -0.2) is 50.8 Å². The molecule has 2 aromatic carbocycles. The second kappa shape index (κ2) is 10.8. The molecule has 1 saturated heterocycles. The highest BCUT2D eigenvalue weighted by atomic mass is 32.2. The van der Waals surface area contributed by atoms with Crippen molar-refractivity contribution >= 4 is 17.7 Å². The number of unbranched alkanes of at least 4 members (excludes halogenated alkanes) is 1. The van der Waals surface area contributed by atoms with E-state index in [2.05, 4.69) is 17.0 Å². The van der Waals surface area contributed by atoms with Crippen LogP contribution in [0.5, 0.6) is 5.75 Å². The Hall–Kier alpha value is -1.90. The van der Waals surface area contributed by atoms with Crippen molar-refractivity contribution < 1.29 is 22.1 Å². The number of hydrogen-bond acceptors (Lipinski definition) is 5. The van der Waals surface area contributed by atoms with Crippen molar-refractivity contribution in [2.45, 2.75) is 36.8 Å². The van der Waals surface area contributed by atoms with Crippen LogP contribution < -0.4 is 9.64 Å². The molecule has 0 radical (unpaired) electrons. The van der Waals surface area contributed by atoms with Gasteiger partial charge in [0.1, 0.15) is 5.75 Å². The number of anilines is 1. The Morgan fingerprint density at radius 3 is 2.62 bits per heavy atom. The normalized spacial score (nSPS) is 17.2. The Balaban J connectivity index is 1.13. The number of hydrogen-bond donors (Lipinski definition) is 0. The molecule has 0 saturated carbocycles. The first-order valence-corrected chi connectivity index (χ1v) is 11.9. The van der Waals surface area contributed by atoms with Crippen LogP contribution in [0.25, 0.3) is 0 Å². The molecular formula is C24H29F3N2O2S. The van der Waals surface area contributed by atoms with Crippen molar-refractivity contribution in [3.8, 4) is 5.75 Å².